The second kappa shape index (κ2) is 10.2. The summed E-state index contributed by atoms with van der Waals surface area (Å²) in [5.74, 6) is -3.28. The van der Waals surface area contributed by atoms with Gasteiger partial charge in [-0.1, -0.05) is 6.07 Å². The number of hydrogen-bond donors (Lipinski definition) is 1. The predicted octanol–water partition coefficient (Wildman–Crippen LogP) is 4.28. The number of likely N-dealkylation sites (tertiary alicyclic amines) is 1. The number of rotatable bonds is 6. The number of carboxylic acids is 1. The van der Waals surface area contributed by atoms with Crippen molar-refractivity contribution in [1.82, 2.24) is 4.90 Å². The molecule has 2 aliphatic heterocycles. The van der Waals surface area contributed by atoms with Crippen LogP contribution in [0.3, 0.4) is 0 Å². The number of aliphatic imine (C=N–C) groups is 1. The standard InChI is InChI=1S/C24H19F3N2O7S/c1-34-18-7-12(8-19-20(30)28-23(37-19)29-10-14(11-29)21(31)32)3-5-17(18)36-16-6-4-13(22(33)35-2)9-15(16)24(25,26)27/h3-9,14H,10-11H2,1-2H3,(H,31,32)/b19-8-. The molecule has 0 unspecified atom stereocenters. The van der Waals surface area contributed by atoms with Gasteiger partial charge < -0.3 is 24.2 Å². The predicted molar refractivity (Wildman–Crippen MR) is 127 cm³/mol. The Hall–Kier alpha value is -4.00. The zero-order valence-corrected chi connectivity index (χ0v) is 20.2. The molecule has 2 aliphatic rings. The number of alkyl halides is 3. The van der Waals surface area contributed by atoms with Crippen molar-refractivity contribution in [3.8, 4) is 17.2 Å². The molecule has 1 saturated heterocycles. The summed E-state index contributed by atoms with van der Waals surface area (Å²) >= 11 is 1.10. The fourth-order valence-electron chi connectivity index (χ4n) is 3.54. The number of amidine groups is 1. The van der Waals surface area contributed by atoms with Crippen molar-refractivity contribution < 1.29 is 46.9 Å². The van der Waals surface area contributed by atoms with Crippen LogP contribution >= 0.6 is 11.8 Å². The number of carboxylic acid groups (broad SMARTS) is 1. The number of esters is 1. The number of methoxy groups -OCH3 is 2. The van der Waals surface area contributed by atoms with Crippen LogP contribution in [0.15, 0.2) is 46.3 Å². The Morgan fingerprint density at radius 1 is 1.11 bits per heavy atom. The molecule has 1 fully saturated rings. The zero-order chi connectivity index (χ0) is 26.9. The van der Waals surface area contributed by atoms with Crippen molar-refractivity contribution in [3.63, 3.8) is 0 Å². The molecule has 4 rings (SSSR count). The van der Waals surface area contributed by atoms with Gasteiger partial charge in [0, 0.05) is 13.1 Å². The van der Waals surface area contributed by atoms with E-state index in [-0.39, 0.29) is 30.2 Å². The van der Waals surface area contributed by atoms with Crippen LogP contribution in [0.1, 0.15) is 21.5 Å². The first-order chi connectivity index (χ1) is 17.5. The summed E-state index contributed by atoms with van der Waals surface area (Å²) in [6.07, 6.45) is -3.27. The van der Waals surface area contributed by atoms with Crippen LogP contribution in [0.5, 0.6) is 17.2 Å². The Kier molecular flexibility index (Phi) is 7.16. The fourth-order valence-corrected chi connectivity index (χ4v) is 4.47. The normalized spacial score (nSPS) is 16.9. The summed E-state index contributed by atoms with van der Waals surface area (Å²) in [4.78, 5) is 40.9. The molecule has 2 heterocycles. The average Bonchev–Trinajstić information content (AvgIpc) is 3.16. The maximum absolute atomic E-state index is 13.6. The van der Waals surface area contributed by atoms with Gasteiger partial charge in [-0.05, 0) is 53.7 Å². The highest BCUT2D eigenvalue weighted by Gasteiger charge is 2.38. The van der Waals surface area contributed by atoms with Gasteiger partial charge in [-0.15, -0.1) is 0 Å². The van der Waals surface area contributed by atoms with Crippen LogP contribution in [0, 0.1) is 5.92 Å². The van der Waals surface area contributed by atoms with E-state index in [1.807, 2.05) is 0 Å². The lowest BCUT2D eigenvalue weighted by Gasteiger charge is -2.37. The van der Waals surface area contributed by atoms with Crippen molar-refractivity contribution in [1.29, 1.82) is 0 Å². The number of benzene rings is 2. The number of aliphatic carboxylic acids is 1. The van der Waals surface area contributed by atoms with Gasteiger partial charge in [0.2, 0.25) is 0 Å². The van der Waals surface area contributed by atoms with Gasteiger partial charge in [0.15, 0.2) is 16.7 Å². The molecule has 0 atom stereocenters. The summed E-state index contributed by atoms with van der Waals surface area (Å²) < 4.78 is 56.2. The topological polar surface area (TPSA) is 115 Å². The molecule has 37 heavy (non-hydrogen) atoms. The summed E-state index contributed by atoms with van der Waals surface area (Å²) in [5.41, 5.74) is -0.953. The van der Waals surface area contributed by atoms with Gasteiger partial charge in [0.1, 0.15) is 5.75 Å². The molecule has 0 aromatic heterocycles. The van der Waals surface area contributed by atoms with Gasteiger partial charge in [-0.3, -0.25) is 9.59 Å². The molecule has 9 nitrogen and oxygen atoms in total. The second-order valence-corrected chi connectivity index (χ2v) is 8.97. The molecule has 2 aromatic rings. The number of carbonyl (C=O) groups is 3. The van der Waals surface area contributed by atoms with Crippen molar-refractivity contribution >= 4 is 40.9 Å². The van der Waals surface area contributed by atoms with E-state index in [0.717, 1.165) is 31.0 Å². The second-order valence-electron chi connectivity index (χ2n) is 7.96. The van der Waals surface area contributed by atoms with Gasteiger partial charge in [0.25, 0.3) is 5.91 Å². The Morgan fingerprint density at radius 3 is 2.43 bits per heavy atom. The molecular weight excluding hydrogens is 517 g/mol. The van der Waals surface area contributed by atoms with Gasteiger partial charge in [0.05, 0.1) is 36.2 Å². The van der Waals surface area contributed by atoms with Gasteiger partial charge >= 0.3 is 18.1 Å². The smallest absolute Gasteiger partial charge is 0.420 e. The van der Waals surface area contributed by atoms with Crippen LogP contribution in [-0.2, 0) is 20.5 Å². The van der Waals surface area contributed by atoms with Crippen LogP contribution < -0.4 is 9.47 Å². The number of amides is 1. The van der Waals surface area contributed by atoms with E-state index in [1.165, 1.54) is 31.4 Å². The highest BCUT2D eigenvalue weighted by atomic mass is 32.2. The van der Waals surface area contributed by atoms with E-state index in [1.54, 1.807) is 4.90 Å². The number of thioether (sulfide) groups is 1. The molecule has 2 aromatic carbocycles. The van der Waals surface area contributed by atoms with Crippen LogP contribution in [0.4, 0.5) is 13.2 Å². The van der Waals surface area contributed by atoms with Crippen LogP contribution in [0.25, 0.3) is 6.08 Å². The minimum atomic E-state index is -4.81. The first kappa shape index (κ1) is 26.1. The summed E-state index contributed by atoms with van der Waals surface area (Å²) in [7, 11) is 2.37. The first-order valence-corrected chi connectivity index (χ1v) is 11.5. The number of hydrogen-bond acceptors (Lipinski definition) is 8. The largest absolute Gasteiger partial charge is 0.493 e. The Bertz CT molecular complexity index is 1330. The summed E-state index contributed by atoms with van der Waals surface area (Å²) in [6.45, 7) is 0.532. The van der Waals surface area contributed by atoms with Crippen molar-refractivity contribution in [2.75, 3.05) is 27.3 Å². The lowest BCUT2D eigenvalue weighted by Crippen LogP contribution is -2.51. The van der Waals surface area contributed by atoms with Crippen molar-refractivity contribution in [3.05, 3.63) is 58.0 Å². The molecule has 1 amide bonds. The summed E-state index contributed by atoms with van der Waals surface area (Å²) in [6, 6.07) is 7.20. The third-order valence-corrected chi connectivity index (χ3v) is 6.57. The number of nitrogens with zero attached hydrogens (tertiary/aromatic N) is 2. The highest BCUT2D eigenvalue weighted by Crippen LogP contribution is 2.41. The maximum atomic E-state index is 13.6. The molecule has 0 spiro atoms. The molecule has 0 radical (unpaired) electrons. The fraction of sp³-hybridized carbons (Fsp3) is 0.250. The quantitative estimate of drug-likeness (QED) is 0.427. The maximum Gasteiger partial charge on any atom is 0.420 e. The van der Waals surface area contributed by atoms with Crippen molar-refractivity contribution in [2.45, 2.75) is 6.18 Å². The minimum absolute atomic E-state index is 0.0244. The Labute approximate surface area is 212 Å². The highest BCUT2D eigenvalue weighted by molar-refractivity contribution is 8.18. The van der Waals surface area contributed by atoms with E-state index < -0.39 is 41.3 Å². The zero-order valence-electron chi connectivity index (χ0n) is 19.4. The van der Waals surface area contributed by atoms with E-state index in [0.29, 0.717) is 21.7 Å². The van der Waals surface area contributed by atoms with Crippen LogP contribution in [-0.4, -0.2) is 60.3 Å². The number of ether oxygens (including phenoxy) is 3. The van der Waals surface area contributed by atoms with E-state index in [2.05, 4.69) is 9.73 Å². The molecule has 1 N–H and O–H groups in total. The van der Waals surface area contributed by atoms with E-state index >= 15 is 0 Å². The molecule has 0 bridgehead atoms. The number of halogens is 3. The summed E-state index contributed by atoms with van der Waals surface area (Å²) in [5, 5.41) is 9.42. The first-order valence-electron chi connectivity index (χ1n) is 10.7. The molecule has 194 valence electrons. The van der Waals surface area contributed by atoms with Crippen molar-refractivity contribution in [2.24, 2.45) is 10.9 Å². The molecule has 13 heteroatoms. The lowest BCUT2D eigenvalue weighted by molar-refractivity contribution is -0.145. The monoisotopic (exact) mass is 536 g/mol. The SMILES string of the molecule is COC(=O)c1ccc(Oc2ccc(/C=C3\SC(N4CC(C(=O)O)C4)=NC3=O)cc2OC)c(C(F)(F)F)c1. The average molecular weight is 536 g/mol. The third-order valence-electron chi connectivity index (χ3n) is 5.52. The van der Waals surface area contributed by atoms with Crippen LogP contribution in [0.2, 0.25) is 0 Å². The lowest BCUT2D eigenvalue weighted by atomic mass is 10.0. The third kappa shape index (κ3) is 5.56. The van der Waals surface area contributed by atoms with E-state index in [9.17, 15) is 27.6 Å². The Morgan fingerprint density at radius 2 is 1.81 bits per heavy atom. The molecule has 0 aliphatic carbocycles. The molecular formula is C24H19F3N2O7S. The number of carbonyl (C=O) groups excluding carboxylic acids is 2. The van der Waals surface area contributed by atoms with Gasteiger partial charge in [-0.2, -0.15) is 18.2 Å². The van der Waals surface area contributed by atoms with E-state index in [4.69, 9.17) is 14.6 Å². The minimum Gasteiger partial charge on any atom is -0.493 e. The van der Waals surface area contributed by atoms with Gasteiger partial charge in [-0.25, -0.2) is 4.79 Å². The Balaban J connectivity index is 1.54. The molecule has 0 saturated carbocycles.